The van der Waals surface area contributed by atoms with Crippen LogP contribution in [0.15, 0.2) is 200 Å². The number of hydrogen-bond donors (Lipinski definition) is 0. The third-order valence-corrected chi connectivity index (χ3v) is 13.7. The lowest BCUT2D eigenvalue weighted by Crippen LogP contribution is -2.33. The number of anilines is 3. The van der Waals surface area contributed by atoms with E-state index in [-0.39, 0.29) is 16.7 Å². The summed E-state index contributed by atoms with van der Waals surface area (Å²) in [5.74, 6) is 0.615. The summed E-state index contributed by atoms with van der Waals surface area (Å²) < 4.78 is 0. The van der Waals surface area contributed by atoms with E-state index < -0.39 is 0 Å². The Morgan fingerprint density at radius 3 is 1.96 bits per heavy atom. The van der Waals surface area contributed by atoms with Gasteiger partial charge in [0, 0.05) is 34.3 Å². The van der Waals surface area contributed by atoms with E-state index in [1.165, 1.54) is 83.2 Å². The molecule has 1 nitrogen and oxygen atoms in total. The Morgan fingerprint density at radius 1 is 0.439 bits per heavy atom. The normalized spacial score (nSPS) is 19.8. The van der Waals surface area contributed by atoms with E-state index in [1.54, 1.807) is 0 Å². The predicted molar refractivity (Wildman–Crippen MR) is 238 cm³/mol. The molecule has 4 aliphatic rings. The predicted octanol–water partition coefficient (Wildman–Crippen LogP) is 14.4. The summed E-state index contributed by atoms with van der Waals surface area (Å²) in [6, 6.07) is 66.3. The van der Waals surface area contributed by atoms with Gasteiger partial charge in [-0.25, -0.2) is 0 Å². The van der Waals surface area contributed by atoms with Gasteiger partial charge in [-0.15, -0.1) is 0 Å². The molecule has 1 heteroatoms. The van der Waals surface area contributed by atoms with Gasteiger partial charge in [-0.1, -0.05) is 178 Å². The number of benzene rings is 8. The maximum atomic E-state index is 2.51. The van der Waals surface area contributed by atoms with Crippen molar-refractivity contribution in [1.82, 2.24) is 0 Å². The van der Waals surface area contributed by atoms with Crippen LogP contribution in [-0.2, 0) is 10.8 Å². The molecule has 8 aromatic rings. The fourth-order valence-corrected chi connectivity index (χ4v) is 11.3. The van der Waals surface area contributed by atoms with Gasteiger partial charge in [0.15, 0.2) is 0 Å². The Labute approximate surface area is 334 Å². The number of fused-ring (bicyclic) bond motifs is 15. The SMILES string of the molecule is CC1(C)c2ccccc2-c2ccc(N(c3ccc(-c4ccccc4)cc3)c3ccc4c(c3)-c3c(ccc5ccccc35)C43c4ccccc4C4C=CC=CC43)cc21. The van der Waals surface area contributed by atoms with E-state index in [1.807, 2.05) is 0 Å². The first-order valence-corrected chi connectivity index (χ1v) is 20.3. The summed E-state index contributed by atoms with van der Waals surface area (Å²) >= 11 is 0. The van der Waals surface area contributed by atoms with Crippen LogP contribution in [0.1, 0.15) is 53.1 Å². The van der Waals surface area contributed by atoms with Crippen LogP contribution in [0.3, 0.4) is 0 Å². The third kappa shape index (κ3) is 4.40. The van der Waals surface area contributed by atoms with E-state index in [4.69, 9.17) is 0 Å². The van der Waals surface area contributed by atoms with Crippen LogP contribution in [0.5, 0.6) is 0 Å². The molecular formula is C56H41N. The standard InChI is InChI=1S/C56H41N/c1-55(2)48-21-11-8-18-43(48)46-31-29-41(35-53(46)55)57(39-27-24-37(25-28-39)36-14-4-3-5-15-36)40-30-33-51-47(34-40)54-42-17-7-6-16-38(42)26-32-52(54)56(51)49-22-12-9-19-44(49)45-20-10-13-23-50(45)56/h3-35,44,49H,1-2H3. The highest BCUT2D eigenvalue weighted by Crippen LogP contribution is 2.66. The molecule has 57 heavy (non-hydrogen) atoms. The first-order valence-electron chi connectivity index (χ1n) is 20.3. The second-order valence-electron chi connectivity index (χ2n) is 16.8. The fourth-order valence-electron chi connectivity index (χ4n) is 11.3. The monoisotopic (exact) mass is 727 g/mol. The molecule has 0 N–H and O–H groups in total. The smallest absolute Gasteiger partial charge is 0.0538 e. The molecule has 0 amide bonds. The van der Waals surface area contributed by atoms with Crippen molar-refractivity contribution in [3.63, 3.8) is 0 Å². The Morgan fingerprint density at radius 2 is 1.09 bits per heavy atom. The van der Waals surface area contributed by atoms with E-state index >= 15 is 0 Å². The zero-order chi connectivity index (χ0) is 37.9. The summed E-state index contributed by atoms with van der Waals surface area (Å²) in [6.07, 6.45) is 9.43. The number of allylic oxidation sites excluding steroid dienone is 4. The summed E-state index contributed by atoms with van der Waals surface area (Å²) in [5, 5.41) is 2.60. The van der Waals surface area contributed by atoms with Crippen molar-refractivity contribution in [2.45, 2.75) is 30.6 Å². The van der Waals surface area contributed by atoms with E-state index in [2.05, 4.69) is 219 Å². The zero-order valence-electron chi connectivity index (χ0n) is 32.2. The van der Waals surface area contributed by atoms with Gasteiger partial charge in [0.2, 0.25) is 0 Å². The molecule has 0 aliphatic heterocycles. The molecule has 12 rings (SSSR count). The lowest BCUT2D eigenvalue weighted by atomic mass is 9.65. The second-order valence-corrected chi connectivity index (χ2v) is 16.8. The molecule has 3 unspecified atom stereocenters. The molecule has 0 saturated heterocycles. The van der Waals surface area contributed by atoms with E-state index in [9.17, 15) is 0 Å². The summed E-state index contributed by atoms with van der Waals surface area (Å²) in [7, 11) is 0. The second kappa shape index (κ2) is 11.9. The lowest BCUT2D eigenvalue weighted by molar-refractivity contribution is 0.466. The third-order valence-electron chi connectivity index (χ3n) is 13.7. The highest BCUT2D eigenvalue weighted by molar-refractivity contribution is 6.05. The van der Waals surface area contributed by atoms with Crippen LogP contribution in [0, 0.1) is 5.92 Å². The topological polar surface area (TPSA) is 3.24 Å². The average Bonchev–Trinajstić information content (AvgIpc) is 3.83. The van der Waals surface area contributed by atoms with Gasteiger partial charge in [0.05, 0.1) is 5.41 Å². The van der Waals surface area contributed by atoms with Crippen molar-refractivity contribution in [2.75, 3.05) is 4.90 Å². The van der Waals surface area contributed by atoms with Gasteiger partial charge in [-0.05, 0) is 114 Å². The molecule has 0 heterocycles. The van der Waals surface area contributed by atoms with Gasteiger partial charge >= 0.3 is 0 Å². The molecule has 0 radical (unpaired) electrons. The molecule has 270 valence electrons. The highest BCUT2D eigenvalue weighted by Gasteiger charge is 2.57. The van der Waals surface area contributed by atoms with Crippen LogP contribution in [0.2, 0.25) is 0 Å². The molecule has 8 aromatic carbocycles. The quantitative estimate of drug-likeness (QED) is 0.174. The van der Waals surface area contributed by atoms with Crippen molar-refractivity contribution in [3.8, 4) is 33.4 Å². The van der Waals surface area contributed by atoms with Crippen molar-refractivity contribution in [1.29, 1.82) is 0 Å². The van der Waals surface area contributed by atoms with E-state index in [0.29, 0.717) is 5.92 Å². The van der Waals surface area contributed by atoms with Gasteiger partial charge in [0.1, 0.15) is 0 Å². The summed E-state index contributed by atoms with van der Waals surface area (Å²) in [5.41, 5.74) is 19.3. The van der Waals surface area contributed by atoms with Crippen LogP contribution in [0.25, 0.3) is 44.2 Å². The molecular weight excluding hydrogens is 687 g/mol. The van der Waals surface area contributed by atoms with Crippen LogP contribution in [0.4, 0.5) is 17.1 Å². The molecule has 3 atom stereocenters. The maximum Gasteiger partial charge on any atom is 0.0538 e. The number of nitrogens with zero attached hydrogens (tertiary/aromatic N) is 1. The zero-order valence-corrected chi connectivity index (χ0v) is 32.2. The molecule has 0 aromatic heterocycles. The minimum Gasteiger partial charge on any atom is -0.310 e. The largest absolute Gasteiger partial charge is 0.310 e. The highest BCUT2D eigenvalue weighted by atomic mass is 15.1. The van der Waals surface area contributed by atoms with Gasteiger partial charge in [0.25, 0.3) is 0 Å². The maximum absolute atomic E-state index is 2.51. The fraction of sp³-hybridized carbons (Fsp3) is 0.107. The minimum atomic E-state index is -0.290. The van der Waals surface area contributed by atoms with Gasteiger partial charge in [-0.3, -0.25) is 0 Å². The summed E-state index contributed by atoms with van der Waals surface area (Å²) in [6.45, 7) is 4.75. The Balaban J connectivity index is 1.10. The Bertz CT molecular complexity index is 3000. The van der Waals surface area contributed by atoms with Crippen molar-refractivity contribution in [3.05, 3.63) is 234 Å². The Hall–Kier alpha value is -6.70. The van der Waals surface area contributed by atoms with Crippen LogP contribution < -0.4 is 4.90 Å². The molecule has 1 spiro atoms. The Kier molecular flexibility index (Phi) is 6.79. The van der Waals surface area contributed by atoms with Crippen molar-refractivity contribution >= 4 is 27.8 Å². The van der Waals surface area contributed by atoms with Crippen molar-refractivity contribution in [2.24, 2.45) is 5.92 Å². The molecule has 0 saturated carbocycles. The van der Waals surface area contributed by atoms with Crippen LogP contribution >= 0.6 is 0 Å². The minimum absolute atomic E-state index is 0.110. The average molecular weight is 728 g/mol. The van der Waals surface area contributed by atoms with Gasteiger partial charge in [-0.2, -0.15) is 0 Å². The molecule has 0 bridgehead atoms. The van der Waals surface area contributed by atoms with Gasteiger partial charge < -0.3 is 4.90 Å². The molecule has 4 aliphatic carbocycles. The van der Waals surface area contributed by atoms with E-state index in [0.717, 1.165) is 11.4 Å². The number of hydrogen-bond acceptors (Lipinski definition) is 1. The summed E-state index contributed by atoms with van der Waals surface area (Å²) in [4.78, 5) is 2.48. The van der Waals surface area contributed by atoms with Crippen molar-refractivity contribution < 1.29 is 0 Å². The first kappa shape index (κ1) is 32.5. The lowest BCUT2D eigenvalue weighted by Gasteiger charge is -2.36. The van der Waals surface area contributed by atoms with Crippen LogP contribution in [-0.4, -0.2) is 0 Å². The number of rotatable bonds is 4. The first-order chi connectivity index (χ1) is 28.0. The molecule has 0 fully saturated rings.